The van der Waals surface area contributed by atoms with Gasteiger partial charge in [0.1, 0.15) is 0 Å². The Morgan fingerprint density at radius 1 is 1.00 bits per heavy atom. The van der Waals surface area contributed by atoms with E-state index in [2.05, 4.69) is 0 Å². The van der Waals surface area contributed by atoms with Crippen LogP contribution >= 0.6 is 11.8 Å². The number of hydrogen-bond donors (Lipinski definition) is 0. The number of benzene rings is 2. The molecule has 2 aromatic rings. The maximum absolute atomic E-state index is 12.6. The summed E-state index contributed by atoms with van der Waals surface area (Å²) < 4.78 is 0. The van der Waals surface area contributed by atoms with Crippen molar-refractivity contribution < 1.29 is 9.59 Å². The van der Waals surface area contributed by atoms with Gasteiger partial charge in [-0.25, -0.2) is 4.90 Å². The van der Waals surface area contributed by atoms with Crippen molar-refractivity contribution in [3.8, 4) is 0 Å². The highest BCUT2D eigenvalue weighted by atomic mass is 32.2. The quantitative estimate of drug-likeness (QED) is 0.764. The van der Waals surface area contributed by atoms with Crippen molar-refractivity contribution in [2.45, 2.75) is 13.8 Å². The van der Waals surface area contributed by atoms with Gasteiger partial charge in [0.15, 0.2) is 0 Å². The topological polar surface area (TPSA) is 37.4 Å². The zero-order valence-corrected chi connectivity index (χ0v) is 13.2. The molecule has 1 fully saturated rings. The molecule has 0 aliphatic carbocycles. The molecule has 1 saturated heterocycles. The van der Waals surface area contributed by atoms with Crippen LogP contribution in [-0.4, -0.2) is 11.1 Å². The lowest BCUT2D eigenvalue weighted by Crippen LogP contribution is -2.27. The molecule has 4 heteroatoms. The SMILES string of the molecule is Cc1cccc(N2C(=O)S/C(=C\c3ccccc3C)C2=O)c1. The highest BCUT2D eigenvalue weighted by Gasteiger charge is 2.36. The standard InChI is InChI=1S/C18H15NO2S/c1-12-6-5-9-15(10-12)19-17(20)16(22-18(19)21)11-14-8-4-3-7-13(14)2/h3-11H,1-2H3/b16-11-. The summed E-state index contributed by atoms with van der Waals surface area (Å²) in [5.74, 6) is -0.260. The van der Waals surface area contributed by atoms with Gasteiger partial charge in [-0.2, -0.15) is 0 Å². The Labute approximate surface area is 133 Å². The summed E-state index contributed by atoms with van der Waals surface area (Å²) in [6.07, 6.45) is 1.79. The first kappa shape index (κ1) is 14.6. The monoisotopic (exact) mass is 309 g/mol. The van der Waals surface area contributed by atoms with Crippen molar-refractivity contribution in [3.63, 3.8) is 0 Å². The second-order valence-electron chi connectivity index (χ2n) is 5.21. The van der Waals surface area contributed by atoms with Crippen LogP contribution < -0.4 is 4.90 Å². The van der Waals surface area contributed by atoms with Gasteiger partial charge >= 0.3 is 0 Å². The van der Waals surface area contributed by atoms with E-state index in [0.29, 0.717) is 10.6 Å². The molecule has 0 bridgehead atoms. The van der Waals surface area contributed by atoms with E-state index in [1.165, 1.54) is 4.90 Å². The van der Waals surface area contributed by atoms with Crippen LogP contribution in [0.5, 0.6) is 0 Å². The van der Waals surface area contributed by atoms with Crippen molar-refractivity contribution in [2.24, 2.45) is 0 Å². The summed E-state index contributed by atoms with van der Waals surface area (Å²) in [6.45, 7) is 3.92. The van der Waals surface area contributed by atoms with E-state index in [9.17, 15) is 9.59 Å². The molecule has 3 nitrogen and oxygen atoms in total. The van der Waals surface area contributed by atoms with Crippen LogP contribution in [-0.2, 0) is 4.79 Å². The van der Waals surface area contributed by atoms with E-state index < -0.39 is 0 Å². The number of carbonyl (C=O) groups is 2. The Kier molecular flexibility index (Phi) is 3.86. The molecule has 0 spiro atoms. The van der Waals surface area contributed by atoms with Gasteiger partial charge in [-0.05, 0) is 60.5 Å². The molecule has 0 saturated carbocycles. The van der Waals surface area contributed by atoms with E-state index in [-0.39, 0.29) is 11.1 Å². The molecular formula is C18H15NO2S. The van der Waals surface area contributed by atoms with Gasteiger partial charge in [-0.1, -0.05) is 36.4 Å². The van der Waals surface area contributed by atoms with E-state index in [0.717, 1.165) is 28.5 Å². The third-order valence-corrected chi connectivity index (χ3v) is 4.40. The molecule has 0 unspecified atom stereocenters. The molecule has 22 heavy (non-hydrogen) atoms. The van der Waals surface area contributed by atoms with Crippen LogP contribution in [0, 0.1) is 13.8 Å². The third-order valence-electron chi connectivity index (χ3n) is 3.53. The lowest BCUT2D eigenvalue weighted by Gasteiger charge is -2.12. The minimum atomic E-state index is -0.260. The molecule has 1 aliphatic heterocycles. The number of anilines is 1. The summed E-state index contributed by atoms with van der Waals surface area (Å²) in [5.41, 5.74) is 3.66. The lowest BCUT2D eigenvalue weighted by atomic mass is 10.1. The van der Waals surface area contributed by atoms with Gasteiger partial charge in [0.05, 0.1) is 10.6 Å². The number of hydrogen-bond acceptors (Lipinski definition) is 3. The fraction of sp³-hybridized carbons (Fsp3) is 0.111. The Hall–Kier alpha value is -2.33. The van der Waals surface area contributed by atoms with Gasteiger partial charge in [0.25, 0.3) is 11.1 Å². The number of nitrogens with zero attached hydrogens (tertiary/aromatic N) is 1. The molecule has 2 amide bonds. The highest BCUT2D eigenvalue weighted by molar-refractivity contribution is 8.19. The minimum Gasteiger partial charge on any atom is -0.268 e. The highest BCUT2D eigenvalue weighted by Crippen LogP contribution is 2.36. The van der Waals surface area contributed by atoms with Crippen molar-refractivity contribution >= 4 is 34.7 Å². The van der Waals surface area contributed by atoms with Crippen molar-refractivity contribution in [2.75, 3.05) is 4.90 Å². The molecule has 3 rings (SSSR count). The van der Waals surface area contributed by atoms with E-state index in [4.69, 9.17) is 0 Å². The maximum atomic E-state index is 12.6. The molecule has 0 N–H and O–H groups in total. The molecule has 2 aromatic carbocycles. The number of amides is 2. The number of aryl methyl sites for hydroxylation is 2. The average Bonchev–Trinajstić information content (AvgIpc) is 2.76. The van der Waals surface area contributed by atoms with Crippen molar-refractivity contribution in [1.29, 1.82) is 0 Å². The van der Waals surface area contributed by atoms with Crippen LogP contribution in [0.4, 0.5) is 10.5 Å². The van der Waals surface area contributed by atoms with Gasteiger partial charge < -0.3 is 0 Å². The van der Waals surface area contributed by atoms with Crippen molar-refractivity contribution in [3.05, 3.63) is 70.1 Å². The number of carbonyl (C=O) groups excluding carboxylic acids is 2. The first-order chi connectivity index (χ1) is 10.6. The van der Waals surface area contributed by atoms with Crippen molar-refractivity contribution in [1.82, 2.24) is 0 Å². The molecule has 0 atom stereocenters. The zero-order chi connectivity index (χ0) is 15.7. The van der Waals surface area contributed by atoms with Crippen LogP contribution in [0.25, 0.3) is 6.08 Å². The molecule has 110 valence electrons. The van der Waals surface area contributed by atoms with Crippen LogP contribution in [0.1, 0.15) is 16.7 Å². The molecule has 1 aliphatic rings. The summed E-state index contributed by atoms with van der Waals surface area (Å²) in [4.78, 5) is 26.5. The van der Waals surface area contributed by atoms with E-state index >= 15 is 0 Å². The second kappa shape index (κ2) is 5.81. The summed E-state index contributed by atoms with van der Waals surface area (Å²) in [5, 5.41) is -0.254. The number of imide groups is 1. The largest absolute Gasteiger partial charge is 0.298 e. The van der Waals surface area contributed by atoms with Crippen LogP contribution in [0.2, 0.25) is 0 Å². The van der Waals surface area contributed by atoms with E-state index in [1.807, 2.05) is 56.3 Å². The van der Waals surface area contributed by atoms with E-state index in [1.54, 1.807) is 12.1 Å². The lowest BCUT2D eigenvalue weighted by molar-refractivity contribution is -0.113. The Balaban J connectivity index is 1.97. The average molecular weight is 309 g/mol. The summed E-state index contributed by atoms with van der Waals surface area (Å²) in [6, 6.07) is 15.2. The van der Waals surface area contributed by atoms with Crippen LogP contribution in [0.15, 0.2) is 53.4 Å². The predicted octanol–water partition coefficient (Wildman–Crippen LogP) is 4.54. The second-order valence-corrected chi connectivity index (χ2v) is 6.21. The Morgan fingerprint density at radius 3 is 2.50 bits per heavy atom. The third kappa shape index (κ3) is 2.70. The van der Waals surface area contributed by atoms with Gasteiger partial charge in [0, 0.05) is 0 Å². The zero-order valence-electron chi connectivity index (χ0n) is 12.4. The van der Waals surface area contributed by atoms with Gasteiger partial charge in [0.2, 0.25) is 0 Å². The summed E-state index contributed by atoms with van der Waals surface area (Å²) >= 11 is 0.985. The Bertz CT molecular complexity index is 795. The Morgan fingerprint density at radius 2 is 1.77 bits per heavy atom. The minimum absolute atomic E-state index is 0.254. The molecule has 1 heterocycles. The fourth-order valence-electron chi connectivity index (χ4n) is 2.35. The van der Waals surface area contributed by atoms with Crippen LogP contribution in [0.3, 0.4) is 0 Å². The maximum Gasteiger partial charge on any atom is 0.298 e. The fourth-order valence-corrected chi connectivity index (χ4v) is 3.18. The molecule has 0 aromatic heterocycles. The summed E-state index contributed by atoms with van der Waals surface area (Å²) in [7, 11) is 0. The number of thioether (sulfide) groups is 1. The van der Waals surface area contributed by atoms with Gasteiger partial charge in [-0.3, -0.25) is 9.59 Å². The molecular weight excluding hydrogens is 294 g/mol. The smallest absolute Gasteiger partial charge is 0.268 e. The first-order valence-corrected chi connectivity index (χ1v) is 7.78. The molecule has 0 radical (unpaired) electrons. The van der Waals surface area contributed by atoms with Gasteiger partial charge in [-0.15, -0.1) is 0 Å². The number of rotatable bonds is 2. The predicted molar refractivity (Wildman–Crippen MR) is 90.8 cm³/mol. The first-order valence-electron chi connectivity index (χ1n) is 6.96. The normalized spacial score (nSPS) is 16.6.